The molecule has 0 aliphatic rings. The second kappa shape index (κ2) is 5.24. The first-order valence-corrected chi connectivity index (χ1v) is 6.09. The van der Waals surface area contributed by atoms with Crippen molar-refractivity contribution in [2.45, 2.75) is 13.5 Å². The summed E-state index contributed by atoms with van der Waals surface area (Å²) in [6, 6.07) is 3.75. The fraction of sp³-hybridized carbons (Fsp3) is 0.250. The number of carbonyl (C=O) groups is 1. The topological polar surface area (TPSA) is 72.3 Å². The molecule has 0 amide bonds. The number of nitrogens with zero attached hydrogens (tertiary/aromatic N) is 2. The van der Waals surface area contributed by atoms with Crippen LogP contribution in [0.25, 0.3) is 10.7 Å². The number of thiazole rings is 1. The minimum Gasteiger partial charge on any atom is -0.477 e. The van der Waals surface area contributed by atoms with Crippen LogP contribution in [0.5, 0.6) is 0 Å². The van der Waals surface area contributed by atoms with Gasteiger partial charge in [-0.15, -0.1) is 11.3 Å². The SMILES string of the molecule is COCc1nc(-c2ncccc2C)sc1C(=O)O. The summed E-state index contributed by atoms with van der Waals surface area (Å²) in [6.45, 7) is 2.10. The second-order valence-corrected chi connectivity index (χ2v) is 4.70. The molecular weight excluding hydrogens is 252 g/mol. The predicted octanol–water partition coefficient (Wildman–Crippen LogP) is 2.36. The minimum absolute atomic E-state index is 0.185. The van der Waals surface area contributed by atoms with Crippen LogP contribution >= 0.6 is 11.3 Å². The summed E-state index contributed by atoms with van der Waals surface area (Å²) < 4.78 is 4.96. The standard InChI is InChI=1S/C12H12N2O3S/c1-7-4-3-5-13-9(7)11-14-8(6-17-2)10(18-11)12(15)16/h3-5H,6H2,1-2H3,(H,15,16). The molecular formula is C12H12N2O3S. The lowest BCUT2D eigenvalue weighted by atomic mass is 10.2. The maximum atomic E-state index is 11.1. The van der Waals surface area contributed by atoms with Crippen LogP contribution in [0.4, 0.5) is 0 Å². The average Bonchev–Trinajstić information content (AvgIpc) is 2.74. The van der Waals surface area contributed by atoms with Crippen LogP contribution in [0.1, 0.15) is 20.9 Å². The van der Waals surface area contributed by atoms with Gasteiger partial charge in [-0.2, -0.15) is 0 Å². The third-order valence-electron chi connectivity index (χ3n) is 2.38. The first-order valence-electron chi connectivity index (χ1n) is 5.27. The Bertz CT molecular complexity index is 580. The highest BCUT2D eigenvalue weighted by Crippen LogP contribution is 2.29. The van der Waals surface area contributed by atoms with Crippen LogP contribution in [0.2, 0.25) is 0 Å². The summed E-state index contributed by atoms with van der Waals surface area (Å²) in [6.07, 6.45) is 1.67. The van der Waals surface area contributed by atoms with Crippen molar-refractivity contribution >= 4 is 17.3 Å². The molecule has 0 saturated carbocycles. The summed E-state index contributed by atoms with van der Waals surface area (Å²) in [4.78, 5) is 19.9. The van der Waals surface area contributed by atoms with Gasteiger partial charge in [-0.25, -0.2) is 9.78 Å². The Morgan fingerprint density at radius 2 is 2.33 bits per heavy atom. The van der Waals surface area contributed by atoms with Crippen molar-refractivity contribution in [3.8, 4) is 10.7 Å². The highest BCUT2D eigenvalue weighted by molar-refractivity contribution is 7.17. The zero-order valence-corrected chi connectivity index (χ0v) is 10.8. The Hall–Kier alpha value is -1.79. The van der Waals surface area contributed by atoms with Crippen molar-refractivity contribution in [1.29, 1.82) is 0 Å². The summed E-state index contributed by atoms with van der Waals surface area (Å²) in [5, 5.41) is 9.73. The summed E-state index contributed by atoms with van der Waals surface area (Å²) in [5.41, 5.74) is 2.12. The number of aromatic carboxylic acids is 1. The van der Waals surface area contributed by atoms with E-state index in [2.05, 4.69) is 9.97 Å². The molecule has 6 heteroatoms. The molecule has 0 saturated heterocycles. The number of carboxylic acids is 1. The first-order chi connectivity index (χ1) is 8.63. The van der Waals surface area contributed by atoms with Crippen molar-refractivity contribution in [1.82, 2.24) is 9.97 Å². The van der Waals surface area contributed by atoms with Crippen molar-refractivity contribution < 1.29 is 14.6 Å². The molecule has 0 aromatic carbocycles. The van der Waals surface area contributed by atoms with Gasteiger partial charge in [0, 0.05) is 13.3 Å². The Kier molecular flexibility index (Phi) is 3.69. The first kappa shape index (κ1) is 12.7. The second-order valence-electron chi connectivity index (χ2n) is 3.70. The number of hydrogen-bond acceptors (Lipinski definition) is 5. The molecule has 2 rings (SSSR count). The average molecular weight is 264 g/mol. The zero-order chi connectivity index (χ0) is 13.1. The van der Waals surface area contributed by atoms with Gasteiger partial charge in [0.1, 0.15) is 15.6 Å². The molecule has 5 nitrogen and oxygen atoms in total. The van der Waals surface area contributed by atoms with E-state index in [1.807, 2.05) is 19.1 Å². The van der Waals surface area contributed by atoms with Crippen LogP contribution in [-0.4, -0.2) is 28.2 Å². The van der Waals surface area contributed by atoms with Crippen LogP contribution in [-0.2, 0) is 11.3 Å². The molecule has 2 aromatic heterocycles. The van der Waals surface area contributed by atoms with E-state index >= 15 is 0 Å². The number of aryl methyl sites for hydroxylation is 1. The van der Waals surface area contributed by atoms with Gasteiger partial charge < -0.3 is 9.84 Å². The Balaban J connectivity index is 2.50. The molecule has 0 aliphatic heterocycles. The number of rotatable bonds is 4. The number of pyridine rings is 1. The van der Waals surface area contributed by atoms with Gasteiger partial charge in [-0.05, 0) is 18.6 Å². The van der Waals surface area contributed by atoms with Gasteiger partial charge in [0.2, 0.25) is 0 Å². The quantitative estimate of drug-likeness (QED) is 0.917. The Morgan fingerprint density at radius 3 is 2.94 bits per heavy atom. The van der Waals surface area contributed by atoms with Gasteiger partial charge in [0.25, 0.3) is 0 Å². The van der Waals surface area contributed by atoms with E-state index in [-0.39, 0.29) is 11.5 Å². The maximum absolute atomic E-state index is 11.1. The van der Waals surface area contributed by atoms with Crippen LogP contribution < -0.4 is 0 Å². The van der Waals surface area contributed by atoms with Gasteiger partial charge in [-0.1, -0.05) is 6.07 Å². The van der Waals surface area contributed by atoms with Crippen LogP contribution in [0, 0.1) is 6.92 Å². The highest BCUT2D eigenvalue weighted by atomic mass is 32.1. The third-order valence-corrected chi connectivity index (χ3v) is 3.48. The van der Waals surface area contributed by atoms with E-state index in [4.69, 9.17) is 9.84 Å². The summed E-state index contributed by atoms with van der Waals surface area (Å²) >= 11 is 1.12. The zero-order valence-electron chi connectivity index (χ0n) is 10.0. The van der Waals surface area contributed by atoms with Crippen molar-refractivity contribution in [2.24, 2.45) is 0 Å². The normalized spacial score (nSPS) is 10.6. The molecule has 0 unspecified atom stereocenters. The largest absolute Gasteiger partial charge is 0.477 e. The smallest absolute Gasteiger partial charge is 0.347 e. The Labute approximate surface area is 108 Å². The number of hydrogen-bond donors (Lipinski definition) is 1. The fourth-order valence-corrected chi connectivity index (χ4v) is 2.53. The van der Waals surface area contributed by atoms with E-state index in [0.29, 0.717) is 16.4 Å². The molecule has 2 aromatic rings. The maximum Gasteiger partial charge on any atom is 0.347 e. The highest BCUT2D eigenvalue weighted by Gasteiger charge is 2.19. The molecule has 0 bridgehead atoms. The molecule has 0 aliphatic carbocycles. The molecule has 94 valence electrons. The van der Waals surface area contributed by atoms with E-state index in [1.165, 1.54) is 7.11 Å². The molecule has 1 N–H and O–H groups in total. The van der Waals surface area contributed by atoms with Crippen molar-refractivity contribution in [3.05, 3.63) is 34.5 Å². The predicted molar refractivity (Wildman–Crippen MR) is 67.8 cm³/mol. The van der Waals surface area contributed by atoms with Crippen molar-refractivity contribution in [3.63, 3.8) is 0 Å². The van der Waals surface area contributed by atoms with E-state index < -0.39 is 5.97 Å². The van der Waals surface area contributed by atoms with Crippen LogP contribution in [0.3, 0.4) is 0 Å². The molecule has 0 radical (unpaired) electrons. The van der Waals surface area contributed by atoms with E-state index in [0.717, 1.165) is 16.9 Å². The number of aromatic nitrogens is 2. The number of methoxy groups -OCH3 is 1. The summed E-state index contributed by atoms with van der Waals surface area (Å²) in [7, 11) is 1.51. The number of carboxylic acid groups (broad SMARTS) is 1. The van der Waals surface area contributed by atoms with Crippen molar-refractivity contribution in [2.75, 3.05) is 7.11 Å². The van der Waals surface area contributed by atoms with Gasteiger partial charge in [0.05, 0.1) is 12.3 Å². The Morgan fingerprint density at radius 1 is 1.56 bits per heavy atom. The van der Waals surface area contributed by atoms with Gasteiger partial charge >= 0.3 is 5.97 Å². The lowest BCUT2D eigenvalue weighted by molar-refractivity contribution is 0.0697. The lowest BCUT2D eigenvalue weighted by Crippen LogP contribution is -1.99. The monoisotopic (exact) mass is 264 g/mol. The van der Waals surface area contributed by atoms with Gasteiger partial charge in [0.15, 0.2) is 0 Å². The third kappa shape index (κ3) is 2.39. The fourth-order valence-electron chi connectivity index (χ4n) is 1.56. The summed E-state index contributed by atoms with van der Waals surface area (Å²) in [5.74, 6) is -0.987. The molecule has 18 heavy (non-hydrogen) atoms. The number of ether oxygens (including phenoxy) is 1. The minimum atomic E-state index is -0.987. The van der Waals surface area contributed by atoms with E-state index in [1.54, 1.807) is 6.20 Å². The van der Waals surface area contributed by atoms with Gasteiger partial charge in [-0.3, -0.25) is 4.98 Å². The molecule has 2 heterocycles. The van der Waals surface area contributed by atoms with E-state index in [9.17, 15) is 4.79 Å². The van der Waals surface area contributed by atoms with Crippen LogP contribution in [0.15, 0.2) is 18.3 Å². The molecule has 0 fully saturated rings. The molecule has 0 atom stereocenters. The lowest BCUT2D eigenvalue weighted by Gasteiger charge is -1.98. The molecule has 0 spiro atoms.